The van der Waals surface area contributed by atoms with Crippen molar-refractivity contribution in [3.63, 3.8) is 0 Å². The van der Waals surface area contributed by atoms with Gasteiger partial charge in [-0.05, 0) is 239 Å². The van der Waals surface area contributed by atoms with Crippen molar-refractivity contribution < 1.29 is 66.9 Å². The van der Waals surface area contributed by atoms with Crippen LogP contribution in [0.4, 0.5) is 34.6 Å². The van der Waals surface area contributed by atoms with E-state index in [0.717, 1.165) is 102 Å². The van der Waals surface area contributed by atoms with Crippen LogP contribution in [0.15, 0.2) is 156 Å². The molecule has 4 aliphatic rings. The summed E-state index contributed by atoms with van der Waals surface area (Å²) < 4.78 is 144. The average molecular weight is 1400 g/mol. The number of hydrogen-bond donors (Lipinski definition) is 4. The Balaban J connectivity index is 0.000000162. The molecule has 0 atom stereocenters. The molecule has 0 heterocycles. The molecule has 472 valence electrons. The molecule has 7 aromatic rings. The molecule has 0 unspecified atom stereocenters. The summed E-state index contributed by atoms with van der Waals surface area (Å²) in [5.74, 6) is 2.37. The highest BCUT2D eigenvalue weighted by Gasteiger charge is 2.37. The van der Waals surface area contributed by atoms with Crippen LogP contribution in [0.2, 0.25) is 0 Å². The molecule has 0 spiro atoms. The molecule has 23 heteroatoms. The van der Waals surface area contributed by atoms with E-state index >= 15 is 0 Å². The number of alkyl halides is 1. The minimum Gasteiger partial charge on any atom is -0.496 e. The van der Waals surface area contributed by atoms with Crippen LogP contribution < -0.4 is 28.4 Å². The van der Waals surface area contributed by atoms with Crippen molar-refractivity contribution in [2.75, 3.05) is 54.3 Å². The van der Waals surface area contributed by atoms with Crippen molar-refractivity contribution in [2.45, 2.75) is 91.7 Å². The molecule has 4 saturated carbocycles. The summed E-state index contributed by atoms with van der Waals surface area (Å²) in [7, 11) is -5.11. The highest BCUT2D eigenvalue weighted by molar-refractivity contribution is 9.10. The van der Waals surface area contributed by atoms with Crippen LogP contribution >= 0.6 is 31.9 Å². The predicted molar refractivity (Wildman–Crippen MR) is 345 cm³/mol. The third kappa shape index (κ3) is 20.7. The van der Waals surface area contributed by atoms with Crippen LogP contribution in [-0.4, -0.2) is 81.3 Å². The lowest BCUT2D eigenvalue weighted by atomic mass is 9.68. The van der Waals surface area contributed by atoms with E-state index in [1.807, 2.05) is 36.4 Å². The molecule has 0 bridgehead atoms. The van der Waals surface area contributed by atoms with Crippen LogP contribution in [0.1, 0.15) is 120 Å². The summed E-state index contributed by atoms with van der Waals surface area (Å²) in [5, 5.41) is 8.68. The molecule has 0 radical (unpaired) electrons. The lowest BCUT2D eigenvalue weighted by Crippen LogP contribution is -2.28. The maximum absolute atomic E-state index is 13.4. The fraction of sp³-hybridized carbons (Fsp3) is 0.338. The van der Waals surface area contributed by atoms with Crippen molar-refractivity contribution in [3.8, 4) is 17.2 Å². The number of sulfonamides is 3. The highest BCUT2D eigenvalue weighted by Crippen LogP contribution is 2.52. The van der Waals surface area contributed by atoms with Gasteiger partial charge in [-0.15, -0.1) is 0 Å². The summed E-state index contributed by atoms with van der Waals surface area (Å²) in [6, 6.07) is 42.3. The van der Waals surface area contributed by atoms with Crippen LogP contribution in [0.5, 0.6) is 17.2 Å². The number of carboxylic acids is 1. The van der Waals surface area contributed by atoms with Crippen LogP contribution in [0.25, 0.3) is 0 Å². The number of nitrogens with one attached hydrogen (secondary N) is 3. The molecule has 0 aromatic heterocycles. The van der Waals surface area contributed by atoms with Gasteiger partial charge in [0.15, 0.2) is 0 Å². The monoisotopic (exact) mass is 1400 g/mol. The fourth-order valence-electron chi connectivity index (χ4n) is 10.8. The van der Waals surface area contributed by atoms with Crippen molar-refractivity contribution in [1.82, 2.24) is 0 Å². The quantitative estimate of drug-likeness (QED) is 0.0529. The molecule has 0 saturated heterocycles. The second kappa shape index (κ2) is 30.7. The lowest BCUT2D eigenvalue weighted by molar-refractivity contribution is -0.145. The molecule has 11 rings (SSSR count). The largest absolute Gasteiger partial charge is 0.496 e. The first kappa shape index (κ1) is 68.8. The van der Waals surface area contributed by atoms with Gasteiger partial charge in [-0.3, -0.25) is 19.0 Å². The van der Waals surface area contributed by atoms with Gasteiger partial charge in [0, 0.05) is 21.9 Å². The Bertz CT molecular complexity index is 3740. The zero-order valence-electron chi connectivity index (χ0n) is 49.2. The van der Waals surface area contributed by atoms with Crippen molar-refractivity contribution in [3.05, 3.63) is 213 Å². The molecule has 4 aliphatic carbocycles. The van der Waals surface area contributed by atoms with Gasteiger partial charge in [0.1, 0.15) is 40.5 Å². The highest BCUT2D eigenvalue weighted by atomic mass is 79.9. The number of carboxylic acid groups (broad SMARTS) is 1. The first-order chi connectivity index (χ1) is 41.5. The van der Waals surface area contributed by atoms with E-state index in [0.29, 0.717) is 62.7 Å². The van der Waals surface area contributed by atoms with Crippen LogP contribution in [-0.2, 0) is 34.9 Å². The molecule has 7 aromatic carbocycles. The van der Waals surface area contributed by atoms with Crippen molar-refractivity contribution in [2.24, 2.45) is 5.92 Å². The van der Waals surface area contributed by atoms with Gasteiger partial charge >= 0.3 is 5.97 Å². The van der Waals surface area contributed by atoms with Gasteiger partial charge in [0.2, 0.25) is 30.1 Å². The number of hydrogen-bond acceptors (Lipinski definition) is 10. The van der Waals surface area contributed by atoms with Crippen LogP contribution in [0.3, 0.4) is 0 Å². The lowest BCUT2D eigenvalue weighted by Gasteiger charge is -2.37. The number of anilines is 3. The van der Waals surface area contributed by atoms with Gasteiger partial charge in [0.05, 0.1) is 50.5 Å². The smallest absolute Gasteiger partial charge is 0.306 e. The number of aliphatic carboxylic acids is 1. The zero-order valence-corrected chi connectivity index (χ0v) is 54.9. The topological polar surface area (TPSA) is 203 Å². The number of carbonyl (C=O) groups is 1. The van der Waals surface area contributed by atoms with E-state index in [1.165, 1.54) is 30.3 Å². The van der Waals surface area contributed by atoms with Gasteiger partial charge in [-0.2, -0.15) is 0 Å². The first-order valence-electron chi connectivity index (χ1n) is 28.1. The molecule has 0 amide bonds. The van der Waals surface area contributed by atoms with E-state index in [9.17, 15) is 47.6 Å². The van der Waals surface area contributed by atoms with Gasteiger partial charge < -0.3 is 19.3 Å². The maximum atomic E-state index is 13.4. The third-order valence-electron chi connectivity index (χ3n) is 15.5. The number of halogens is 6. The van der Waals surface area contributed by atoms with E-state index in [4.69, 9.17) is 19.3 Å². The summed E-state index contributed by atoms with van der Waals surface area (Å²) >= 11 is 6.78. The van der Waals surface area contributed by atoms with Gasteiger partial charge in [-0.1, -0.05) is 64.5 Å². The first-order valence-corrected chi connectivity index (χ1v) is 35.5. The number of methoxy groups -OCH3 is 3. The van der Waals surface area contributed by atoms with E-state index in [1.54, 1.807) is 106 Å². The Morgan fingerprint density at radius 3 is 1.00 bits per heavy atom. The Kier molecular flexibility index (Phi) is 24.0. The normalized spacial score (nSPS) is 20.7. The fourth-order valence-corrected chi connectivity index (χ4v) is 14.0. The van der Waals surface area contributed by atoms with Crippen LogP contribution in [0, 0.1) is 29.2 Å². The zero-order chi connectivity index (χ0) is 64.1. The molecular weight excluding hydrogens is 1330 g/mol. The van der Waals surface area contributed by atoms with Crippen molar-refractivity contribution in [1.29, 1.82) is 0 Å². The minimum absolute atomic E-state index is 0.120. The molecule has 4 N–H and O–H groups in total. The SMILES string of the molecule is COc1ccc(NS(C)(=O)=O)cc1Br.COc1ccc(NS(C)(=O)=O)cc1C1CC(c2cccc(F)c2)C1.COc1ccc(NS(C)(=O)=O)cc1C1CC(c2cccc(F)c2)C1.Fc1cccc(C2CC(Br)C2)c1.O=C(O)C1CC(c2cccc(F)c2)C1. The molecule has 88 heavy (non-hydrogen) atoms. The van der Waals surface area contributed by atoms with Crippen molar-refractivity contribution >= 4 is 85.0 Å². The Morgan fingerprint density at radius 2 is 0.727 bits per heavy atom. The van der Waals surface area contributed by atoms with E-state index in [2.05, 4.69) is 46.0 Å². The Morgan fingerprint density at radius 1 is 0.432 bits per heavy atom. The predicted octanol–water partition coefficient (Wildman–Crippen LogP) is 15.4. The maximum Gasteiger partial charge on any atom is 0.306 e. The van der Waals surface area contributed by atoms with E-state index in [-0.39, 0.29) is 46.9 Å². The van der Waals surface area contributed by atoms with E-state index < -0.39 is 36.0 Å². The average Bonchev–Trinajstić information content (AvgIpc) is 2.47. The molecule has 0 aliphatic heterocycles. The Hall–Kier alpha value is -6.66. The number of rotatable bonds is 16. The Labute approximate surface area is 530 Å². The third-order valence-corrected chi connectivity index (χ3v) is 18.7. The summed E-state index contributed by atoms with van der Waals surface area (Å²) in [5.41, 5.74) is 7.61. The molecular formula is C65H71Br2F4N3O11S3. The summed E-state index contributed by atoms with van der Waals surface area (Å²) in [6.07, 6.45) is 10.5. The molecule has 4 fully saturated rings. The second-order valence-corrected chi connectivity index (χ2v) is 29.7. The standard InChI is InChI=1S/2C18H20FNO3S.C11H11FO2.C10H10BrF.C8H10BrNO3S/c2*1-23-18-7-6-16(20-24(2,21)22)11-17(18)14-8-13(9-14)12-4-3-5-15(19)10-12;12-10-3-1-2-7(6-10)8-4-9(5-8)11(13)14;11-9-4-8(5-9)7-2-1-3-10(12)6-7;1-13-8-4-3-6(5-7(8)9)10-14(2,11)12/h2*3-7,10-11,13-14,20H,8-9H2,1-2H3;1-3,6,8-9H,4-5H2,(H,13,14);1-3,6,8-9H,4-5H2;3-5,10H,1-2H3. The van der Waals surface area contributed by atoms with Gasteiger partial charge in [0.25, 0.3) is 0 Å². The number of ether oxygens (including phenoxy) is 3. The van der Waals surface area contributed by atoms with Gasteiger partial charge in [-0.25, -0.2) is 42.8 Å². The summed E-state index contributed by atoms with van der Waals surface area (Å²) in [6.45, 7) is 0. The number of benzene rings is 7. The summed E-state index contributed by atoms with van der Waals surface area (Å²) in [4.78, 5) is 11.2. The second-order valence-electron chi connectivity index (χ2n) is 22.3. The minimum atomic E-state index is -3.32. The molecule has 14 nitrogen and oxygen atoms in total.